The molecule has 2 heteroatoms. The number of benzene rings is 1. The van der Waals surface area contributed by atoms with E-state index in [4.69, 9.17) is 5.73 Å². The standard InChI is InChI=1S/C15H18N2/c1-3-11(2)12-4-6-13(7-5-12)14-8-9-17-10-15(14)16/h4-11H,3,16H2,1-2H3. The number of nitrogens with two attached hydrogens (primary N) is 1. The Balaban J connectivity index is 2.33. The van der Waals surface area contributed by atoms with Crippen LogP contribution in [0.1, 0.15) is 31.7 Å². The molecule has 0 amide bonds. The number of nitrogen functional groups attached to an aromatic ring is 1. The first-order chi connectivity index (χ1) is 8.22. The van der Waals surface area contributed by atoms with Crippen molar-refractivity contribution in [1.29, 1.82) is 0 Å². The molecule has 2 nitrogen and oxygen atoms in total. The summed E-state index contributed by atoms with van der Waals surface area (Å²) in [6.07, 6.45) is 4.63. The Kier molecular flexibility index (Phi) is 3.43. The van der Waals surface area contributed by atoms with E-state index in [0.29, 0.717) is 5.92 Å². The molecule has 2 rings (SSSR count). The van der Waals surface area contributed by atoms with Gasteiger partial charge in [-0.1, -0.05) is 38.1 Å². The van der Waals surface area contributed by atoms with Gasteiger partial charge in [-0.05, 0) is 29.5 Å². The molecule has 0 aliphatic heterocycles. The Morgan fingerprint density at radius 1 is 1.18 bits per heavy atom. The van der Waals surface area contributed by atoms with Gasteiger partial charge in [-0.3, -0.25) is 4.98 Å². The lowest BCUT2D eigenvalue weighted by molar-refractivity contribution is 0.734. The third-order valence-corrected chi connectivity index (χ3v) is 3.25. The number of pyridine rings is 1. The Morgan fingerprint density at radius 3 is 2.47 bits per heavy atom. The van der Waals surface area contributed by atoms with Gasteiger partial charge in [0, 0.05) is 11.8 Å². The van der Waals surface area contributed by atoms with E-state index in [1.165, 1.54) is 5.56 Å². The highest BCUT2D eigenvalue weighted by atomic mass is 14.7. The highest BCUT2D eigenvalue weighted by Gasteiger charge is 2.05. The zero-order valence-electron chi connectivity index (χ0n) is 10.4. The molecule has 0 spiro atoms. The highest BCUT2D eigenvalue weighted by molar-refractivity contribution is 5.75. The van der Waals surface area contributed by atoms with Gasteiger partial charge in [-0.2, -0.15) is 0 Å². The third-order valence-electron chi connectivity index (χ3n) is 3.25. The second kappa shape index (κ2) is 5.00. The molecule has 1 aromatic heterocycles. The molecular formula is C15H18N2. The molecule has 0 aliphatic carbocycles. The van der Waals surface area contributed by atoms with Gasteiger partial charge in [-0.15, -0.1) is 0 Å². The molecule has 1 heterocycles. The monoisotopic (exact) mass is 226 g/mol. The zero-order chi connectivity index (χ0) is 12.3. The van der Waals surface area contributed by atoms with Crippen LogP contribution in [0.5, 0.6) is 0 Å². The molecule has 88 valence electrons. The van der Waals surface area contributed by atoms with E-state index in [2.05, 4.69) is 43.1 Å². The Labute approximate surface area is 103 Å². The first-order valence-electron chi connectivity index (χ1n) is 6.02. The molecule has 1 unspecified atom stereocenters. The summed E-state index contributed by atoms with van der Waals surface area (Å²) in [7, 11) is 0. The van der Waals surface area contributed by atoms with E-state index in [1.54, 1.807) is 12.4 Å². The lowest BCUT2D eigenvalue weighted by atomic mass is 9.96. The minimum absolute atomic E-state index is 0.610. The van der Waals surface area contributed by atoms with Crippen molar-refractivity contribution in [2.45, 2.75) is 26.2 Å². The van der Waals surface area contributed by atoms with Crippen molar-refractivity contribution < 1.29 is 0 Å². The zero-order valence-corrected chi connectivity index (χ0v) is 10.4. The van der Waals surface area contributed by atoms with Crippen LogP contribution < -0.4 is 5.73 Å². The number of hydrogen-bond donors (Lipinski definition) is 1. The molecule has 0 saturated heterocycles. The summed E-state index contributed by atoms with van der Waals surface area (Å²) in [5, 5.41) is 0. The lowest BCUT2D eigenvalue weighted by Crippen LogP contribution is -1.93. The molecule has 1 atom stereocenters. The molecule has 0 aliphatic rings. The molecule has 17 heavy (non-hydrogen) atoms. The van der Waals surface area contributed by atoms with E-state index in [9.17, 15) is 0 Å². The molecule has 0 radical (unpaired) electrons. The Morgan fingerprint density at radius 2 is 1.88 bits per heavy atom. The van der Waals surface area contributed by atoms with E-state index in [1.807, 2.05) is 6.07 Å². The minimum atomic E-state index is 0.610. The van der Waals surface area contributed by atoms with Crippen molar-refractivity contribution in [3.05, 3.63) is 48.3 Å². The van der Waals surface area contributed by atoms with Crippen molar-refractivity contribution >= 4 is 5.69 Å². The van der Waals surface area contributed by atoms with Crippen LogP contribution >= 0.6 is 0 Å². The van der Waals surface area contributed by atoms with E-state index >= 15 is 0 Å². The molecular weight excluding hydrogens is 208 g/mol. The summed E-state index contributed by atoms with van der Waals surface area (Å²) in [5.74, 6) is 0.610. The summed E-state index contributed by atoms with van der Waals surface area (Å²) < 4.78 is 0. The summed E-state index contributed by atoms with van der Waals surface area (Å²) in [6.45, 7) is 4.45. The van der Waals surface area contributed by atoms with Crippen LogP contribution in [0.25, 0.3) is 11.1 Å². The maximum absolute atomic E-state index is 5.91. The maximum atomic E-state index is 5.91. The minimum Gasteiger partial charge on any atom is -0.397 e. The second-order valence-electron chi connectivity index (χ2n) is 4.39. The van der Waals surface area contributed by atoms with Crippen molar-refractivity contribution in [3.8, 4) is 11.1 Å². The smallest absolute Gasteiger partial charge is 0.0580 e. The number of nitrogens with zero attached hydrogens (tertiary/aromatic N) is 1. The maximum Gasteiger partial charge on any atom is 0.0580 e. The second-order valence-corrected chi connectivity index (χ2v) is 4.39. The lowest BCUT2D eigenvalue weighted by Gasteiger charge is -2.10. The van der Waals surface area contributed by atoms with E-state index < -0.39 is 0 Å². The van der Waals surface area contributed by atoms with Gasteiger partial charge >= 0.3 is 0 Å². The van der Waals surface area contributed by atoms with Gasteiger partial charge in [0.15, 0.2) is 0 Å². The Hall–Kier alpha value is -1.83. The Bertz CT molecular complexity index is 489. The number of rotatable bonds is 3. The van der Waals surface area contributed by atoms with Crippen molar-refractivity contribution in [2.75, 3.05) is 5.73 Å². The fourth-order valence-corrected chi connectivity index (χ4v) is 1.90. The third kappa shape index (κ3) is 2.47. The van der Waals surface area contributed by atoms with Crippen LogP contribution in [0.15, 0.2) is 42.7 Å². The fraction of sp³-hybridized carbons (Fsp3) is 0.267. The van der Waals surface area contributed by atoms with Gasteiger partial charge in [0.05, 0.1) is 11.9 Å². The number of aromatic nitrogens is 1. The van der Waals surface area contributed by atoms with Gasteiger partial charge in [0.25, 0.3) is 0 Å². The molecule has 0 bridgehead atoms. The van der Waals surface area contributed by atoms with Crippen LogP contribution in [0.3, 0.4) is 0 Å². The number of hydrogen-bond acceptors (Lipinski definition) is 2. The molecule has 0 fully saturated rings. The molecule has 0 saturated carbocycles. The first-order valence-corrected chi connectivity index (χ1v) is 6.02. The highest BCUT2D eigenvalue weighted by Crippen LogP contribution is 2.27. The molecule has 2 N–H and O–H groups in total. The van der Waals surface area contributed by atoms with Crippen molar-refractivity contribution in [2.24, 2.45) is 0 Å². The summed E-state index contributed by atoms with van der Waals surface area (Å²) in [4.78, 5) is 4.00. The fourth-order valence-electron chi connectivity index (χ4n) is 1.90. The van der Waals surface area contributed by atoms with Crippen molar-refractivity contribution in [1.82, 2.24) is 4.98 Å². The number of anilines is 1. The van der Waals surface area contributed by atoms with Gasteiger partial charge in [-0.25, -0.2) is 0 Å². The van der Waals surface area contributed by atoms with Crippen LogP contribution in [0.2, 0.25) is 0 Å². The normalized spacial score (nSPS) is 12.4. The molecule has 2 aromatic rings. The van der Waals surface area contributed by atoms with Gasteiger partial charge in [0.1, 0.15) is 0 Å². The summed E-state index contributed by atoms with van der Waals surface area (Å²) in [5.41, 5.74) is 10.2. The van der Waals surface area contributed by atoms with Crippen LogP contribution in [-0.2, 0) is 0 Å². The quantitative estimate of drug-likeness (QED) is 0.863. The first kappa shape index (κ1) is 11.6. The average Bonchev–Trinajstić information content (AvgIpc) is 2.39. The van der Waals surface area contributed by atoms with Crippen LogP contribution in [0.4, 0.5) is 5.69 Å². The largest absolute Gasteiger partial charge is 0.397 e. The van der Waals surface area contributed by atoms with Crippen molar-refractivity contribution in [3.63, 3.8) is 0 Å². The van der Waals surface area contributed by atoms with Gasteiger partial charge in [0.2, 0.25) is 0 Å². The average molecular weight is 226 g/mol. The van der Waals surface area contributed by atoms with Crippen LogP contribution in [0, 0.1) is 0 Å². The SMILES string of the molecule is CCC(C)c1ccc(-c2ccncc2N)cc1. The predicted molar refractivity (Wildman–Crippen MR) is 72.8 cm³/mol. The molecule has 1 aromatic carbocycles. The topological polar surface area (TPSA) is 38.9 Å². The van der Waals surface area contributed by atoms with Crippen LogP contribution in [-0.4, -0.2) is 4.98 Å². The van der Waals surface area contributed by atoms with Gasteiger partial charge < -0.3 is 5.73 Å². The summed E-state index contributed by atoms with van der Waals surface area (Å²) in [6, 6.07) is 10.6. The summed E-state index contributed by atoms with van der Waals surface area (Å²) >= 11 is 0. The van der Waals surface area contributed by atoms with E-state index in [-0.39, 0.29) is 0 Å². The van der Waals surface area contributed by atoms with E-state index in [0.717, 1.165) is 23.2 Å². The predicted octanol–water partition coefficient (Wildman–Crippen LogP) is 3.84.